The van der Waals surface area contributed by atoms with Gasteiger partial charge in [0.2, 0.25) is 23.6 Å². The first-order valence-corrected chi connectivity index (χ1v) is 17.7. The van der Waals surface area contributed by atoms with Gasteiger partial charge in [0.05, 0.1) is 45.7 Å². The number of nitrogens with zero attached hydrogens (tertiary/aromatic N) is 3. The second-order valence-electron chi connectivity index (χ2n) is 14.2. The van der Waals surface area contributed by atoms with Crippen LogP contribution in [0.1, 0.15) is 24.0 Å². The third kappa shape index (κ3) is 4.73. The van der Waals surface area contributed by atoms with Gasteiger partial charge < -0.3 is 9.84 Å². The standard InChI is InChI=1S/C41H30ClN3O8/c42-25-8-4-9-26(18-25)44-38(48)33-20-32-30(13-14-31-35(32)39(49)43(37(31)47)27-10-5-11-28(19-27)45(51)52)36(41(33,40(44)50)24-6-2-1-3-7-24)23-16-22-17-29(46)12-15-34(22)53-21-23/h1-13,15,17-19,21,31-33,35-36,46H,14,16,20H2/t31-,32+,33-,35-,36-,41+/m0/s1. The quantitative estimate of drug-likeness (QED) is 0.104. The molecule has 3 heterocycles. The van der Waals surface area contributed by atoms with E-state index >= 15 is 4.79 Å². The Balaban J connectivity index is 1.24. The zero-order chi connectivity index (χ0) is 36.8. The number of hydrogen-bond acceptors (Lipinski definition) is 8. The number of ether oxygens (including phenoxy) is 1. The minimum atomic E-state index is -1.48. The molecule has 5 aliphatic rings. The van der Waals surface area contributed by atoms with Crippen LogP contribution in [0.5, 0.6) is 11.5 Å². The lowest BCUT2D eigenvalue weighted by molar-refractivity contribution is -0.384. The van der Waals surface area contributed by atoms with Gasteiger partial charge in [-0.25, -0.2) is 9.80 Å². The van der Waals surface area contributed by atoms with E-state index in [0.29, 0.717) is 33.2 Å². The van der Waals surface area contributed by atoms with Crippen molar-refractivity contribution in [2.75, 3.05) is 9.80 Å². The fourth-order valence-corrected chi connectivity index (χ4v) is 9.74. The molecule has 2 aliphatic carbocycles. The summed E-state index contributed by atoms with van der Waals surface area (Å²) in [5.41, 5.74) is 1.42. The van der Waals surface area contributed by atoms with Crippen LogP contribution in [0.25, 0.3) is 0 Å². The van der Waals surface area contributed by atoms with Crippen molar-refractivity contribution in [3.63, 3.8) is 0 Å². The highest BCUT2D eigenvalue weighted by atomic mass is 35.5. The van der Waals surface area contributed by atoms with Gasteiger partial charge >= 0.3 is 0 Å². The van der Waals surface area contributed by atoms with Crippen molar-refractivity contribution in [1.82, 2.24) is 0 Å². The Bertz CT molecular complexity index is 2360. The summed E-state index contributed by atoms with van der Waals surface area (Å²) >= 11 is 6.40. The van der Waals surface area contributed by atoms with Crippen molar-refractivity contribution in [3.05, 3.63) is 147 Å². The number of phenolic OH excluding ortho intramolecular Hbond substituents is 1. The molecule has 3 aliphatic heterocycles. The maximum absolute atomic E-state index is 15.4. The Hall–Kier alpha value is -6.07. The number of allylic oxidation sites excluding steroid dienone is 3. The van der Waals surface area contributed by atoms with Gasteiger partial charge in [-0.15, -0.1) is 0 Å². The number of nitro groups is 1. The minimum Gasteiger partial charge on any atom is -0.508 e. The molecule has 53 heavy (non-hydrogen) atoms. The van der Waals surface area contributed by atoms with E-state index in [1.54, 1.807) is 42.7 Å². The number of carbonyl (C=O) groups is 4. The largest absolute Gasteiger partial charge is 0.508 e. The Morgan fingerprint density at radius 3 is 2.34 bits per heavy atom. The van der Waals surface area contributed by atoms with Crippen LogP contribution in [0.4, 0.5) is 17.1 Å². The van der Waals surface area contributed by atoms with Gasteiger partial charge in [0.1, 0.15) is 11.5 Å². The van der Waals surface area contributed by atoms with Crippen LogP contribution >= 0.6 is 11.6 Å². The van der Waals surface area contributed by atoms with Crippen LogP contribution in [0, 0.1) is 39.7 Å². The number of fused-ring (bicyclic) bond motifs is 5. The van der Waals surface area contributed by atoms with Crippen LogP contribution in [-0.4, -0.2) is 33.7 Å². The lowest BCUT2D eigenvalue weighted by Crippen LogP contribution is -2.55. The number of benzene rings is 4. The van der Waals surface area contributed by atoms with E-state index in [9.17, 15) is 29.6 Å². The first kappa shape index (κ1) is 32.8. The number of hydrogen-bond donors (Lipinski definition) is 1. The van der Waals surface area contributed by atoms with Gasteiger partial charge in [-0.1, -0.05) is 65.7 Å². The summed E-state index contributed by atoms with van der Waals surface area (Å²) in [5, 5.41) is 22.4. The molecule has 2 saturated heterocycles. The normalized spacial score (nSPS) is 27.3. The number of aromatic hydroxyl groups is 1. The SMILES string of the molecule is O=C1[C@H]2[C@H](CC=C3[C@H](C4=COc5ccc(O)cc5C4)[C@]4(c5ccccc5)C(=O)N(c5cccc(Cl)c5)C(=O)[C@@H]4C[C@H]32)C(=O)N1c1cccc([N+](=O)[O-])c1. The number of amides is 4. The predicted octanol–water partition coefficient (Wildman–Crippen LogP) is 6.67. The van der Waals surface area contributed by atoms with E-state index in [-0.39, 0.29) is 36.4 Å². The highest BCUT2D eigenvalue weighted by Gasteiger charge is 2.70. The third-order valence-corrected chi connectivity index (χ3v) is 11.8. The average Bonchev–Trinajstić information content (AvgIpc) is 3.55. The smallest absolute Gasteiger partial charge is 0.271 e. The van der Waals surface area contributed by atoms with Gasteiger partial charge in [-0.3, -0.25) is 29.3 Å². The molecule has 0 radical (unpaired) electrons. The molecular formula is C41H30ClN3O8. The van der Waals surface area contributed by atoms with Crippen LogP contribution in [0.3, 0.4) is 0 Å². The third-order valence-electron chi connectivity index (χ3n) is 11.6. The van der Waals surface area contributed by atoms with E-state index in [1.807, 2.05) is 36.4 Å². The number of anilines is 2. The minimum absolute atomic E-state index is 0.0426. The summed E-state index contributed by atoms with van der Waals surface area (Å²) in [6.45, 7) is 0. The van der Waals surface area contributed by atoms with Gasteiger partial charge in [-0.05, 0) is 72.4 Å². The molecule has 12 heteroatoms. The zero-order valence-corrected chi connectivity index (χ0v) is 28.7. The number of phenols is 1. The average molecular weight is 728 g/mol. The van der Waals surface area contributed by atoms with Crippen LogP contribution in [0.15, 0.2) is 121 Å². The molecule has 264 valence electrons. The Morgan fingerprint density at radius 2 is 1.58 bits per heavy atom. The van der Waals surface area contributed by atoms with Crippen molar-refractivity contribution < 1.29 is 33.9 Å². The van der Waals surface area contributed by atoms with Crippen molar-refractivity contribution in [3.8, 4) is 11.5 Å². The fraction of sp³-hybridized carbons (Fsp3) is 0.220. The first-order chi connectivity index (χ1) is 25.6. The number of imide groups is 2. The summed E-state index contributed by atoms with van der Waals surface area (Å²) < 4.78 is 6.16. The molecule has 11 nitrogen and oxygen atoms in total. The molecule has 4 amide bonds. The summed E-state index contributed by atoms with van der Waals surface area (Å²) in [6.07, 6.45) is 4.10. The van der Waals surface area contributed by atoms with Crippen molar-refractivity contribution in [2.24, 2.45) is 29.6 Å². The predicted molar refractivity (Wildman–Crippen MR) is 193 cm³/mol. The van der Waals surface area contributed by atoms with Crippen LogP contribution in [0.2, 0.25) is 5.02 Å². The molecule has 3 fully saturated rings. The van der Waals surface area contributed by atoms with E-state index in [2.05, 4.69) is 0 Å². The second kappa shape index (κ2) is 12.0. The van der Waals surface area contributed by atoms with Crippen molar-refractivity contribution >= 4 is 52.3 Å². The van der Waals surface area contributed by atoms with E-state index in [1.165, 1.54) is 35.2 Å². The van der Waals surface area contributed by atoms with Gasteiger partial charge in [0, 0.05) is 35.1 Å². The van der Waals surface area contributed by atoms with E-state index < -0.39 is 63.6 Å². The van der Waals surface area contributed by atoms with Gasteiger partial charge in [-0.2, -0.15) is 0 Å². The summed E-state index contributed by atoms with van der Waals surface area (Å²) in [6, 6.07) is 26.0. The first-order valence-electron chi connectivity index (χ1n) is 17.3. The summed E-state index contributed by atoms with van der Waals surface area (Å²) in [7, 11) is 0. The topological polar surface area (TPSA) is 147 Å². The van der Waals surface area contributed by atoms with E-state index in [0.717, 1.165) is 10.5 Å². The van der Waals surface area contributed by atoms with E-state index in [4.69, 9.17) is 16.3 Å². The lowest BCUT2D eigenvalue weighted by atomic mass is 9.48. The second-order valence-corrected chi connectivity index (χ2v) is 14.6. The maximum atomic E-state index is 15.4. The fourth-order valence-electron chi connectivity index (χ4n) is 9.56. The Morgan fingerprint density at radius 1 is 0.830 bits per heavy atom. The molecule has 0 aromatic heterocycles. The van der Waals surface area contributed by atoms with Gasteiger partial charge in [0.25, 0.3) is 5.69 Å². The summed E-state index contributed by atoms with van der Waals surface area (Å²) in [5.74, 6) is -5.33. The zero-order valence-electron chi connectivity index (χ0n) is 27.9. The molecule has 4 aromatic rings. The number of rotatable bonds is 5. The van der Waals surface area contributed by atoms with Crippen molar-refractivity contribution in [1.29, 1.82) is 0 Å². The molecule has 9 rings (SSSR count). The van der Waals surface area contributed by atoms with Crippen LogP contribution in [-0.2, 0) is 31.0 Å². The highest BCUT2D eigenvalue weighted by molar-refractivity contribution is 6.32. The maximum Gasteiger partial charge on any atom is 0.271 e. The summed E-state index contributed by atoms with van der Waals surface area (Å²) in [4.78, 5) is 72.3. The molecule has 0 unspecified atom stereocenters. The number of non-ortho nitro benzene ring substituents is 1. The van der Waals surface area contributed by atoms with Gasteiger partial charge in [0.15, 0.2) is 0 Å². The molecule has 6 atom stereocenters. The Kier molecular flexibility index (Phi) is 7.42. The van der Waals surface area contributed by atoms with Crippen molar-refractivity contribution in [2.45, 2.75) is 24.7 Å². The molecule has 1 N–H and O–H groups in total. The number of nitro benzene ring substituents is 1. The molecule has 0 bridgehead atoms. The monoisotopic (exact) mass is 727 g/mol. The molecule has 1 saturated carbocycles. The lowest BCUT2D eigenvalue weighted by Gasteiger charge is -2.51. The number of halogens is 1. The molecule has 4 aromatic carbocycles. The Labute approximate surface area is 307 Å². The molecular weight excluding hydrogens is 698 g/mol. The molecule has 0 spiro atoms. The van der Waals surface area contributed by atoms with Crippen LogP contribution < -0.4 is 14.5 Å². The highest BCUT2D eigenvalue weighted by Crippen LogP contribution is 2.64. The number of carbonyl (C=O) groups excluding carboxylic acids is 4.